The molecule has 0 unspecified atom stereocenters. The smallest absolute Gasteiger partial charge is 0.422 e. The van der Waals surface area contributed by atoms with Crippen LogP contribution in [-0.2, 0) is 4.08 Å². The van der Waals surface area contributed by atoms with Crippen LogP contribution in [0, 0.1) is 0 Å². The van der Waals surface area contributed by atoms with E-state index in [-0.39, 0.29) is 5.75 Å². The summed E-state index contributed by atoms with van der Waals surface area (Å²) in [4.78, 5) is 0. The van der Waals surface area contributed by atoms with Gasteiger partial charge in [-0.2, -0.15) is 13.2 Å². The molecular weight excluding hydrogens is 457 g/mol. The molecule has 8 heteroatoms. The van der Waals surface area contributed by atoms with Gasteiger partial charge in [-0.15, -0.1) is 23.5 Å². The third-order valence-corrected chi connectivity index (χ3v) is 7.14. The molecule has 0 aliphatic carbocycles. The Morgan fingerprint density at radius 1 is 1.04 bits per heavy atom. The second kappa shape index (κ2) is 7.47. The van der Waals surface area contributed by atoms with E-state index < -0.39 is 16.9 Å². The molecule has 0 atom stereocenters. The van der Waals surface area contributed by atoms with Gasteiger partial charge in [0.2, 0.25) is 0 Å². The van der Waals surface area contributed by atoms with Crippen molar-refractivity contribution in [3.05, 3.63) is 73.9 Å². The first kappa shape index (κ1) is 19.0. The Balaban J connectivity index is 1.92. The van der Waals surface area contributed by atoms with E-state index in [1.165, 1.54) is 0 Å². The summed E-state index contributed by atoms with van der Waals surface area (Å²) in [6, 6.07) is 12.3. The zero-order chi connectivity index (χ0) is 18.1. The molecule has 132 valence electrons. The van der Waals surface area contributed by atoms with Gasteiger partial charge in [-0.1, -0.05) is 39.7 Å². The summed E-state index contributed by atoms with van der Waals surface area (Å²) in [5.41, 5.74) is 1.85. The topological polar surface area (TPSA) is 9.23 Å². The van der Waals surface area contributed by atoms with E-state index in [0.29, 0.717) is 5.02 Å². The molecule has 0 spiro atoms. The summed E-state index contributed by atoms with van der Waals surface area (Å²) in [7, 11) is 0. The molecule has 25 heavy (non-hydrogen) atoms. The van der Waals surface area contributed by atoms with Crippen LogP contribution in [0.4, 0.5) is 13.2 Å². The van der Waals surface area contributed by atoms with Gasteiger partial charge in [0.25, 0.3) is 0 Å². The van der Waals surface area contributed by atoms with Gasteiger partial charge in [-0.05, 0) is 46.7 Å². The SMILES string of the molecule is FC(F)(F)COc1ccc(C2(c3cc(Br)ccc3Cl)SC=CS2)cc1. The molecule has 0 amide bonds. The van der Waals surface area contributed by atoms with Crippen LogP contribution in [0.5, 0.6) is 5.75 Å². The maximum absolute atomic E-state index is 12.3. The minimum Gasteiger partial charge on any atom is -0.484 e. The fourth-order valence-corrected chi connectivity index (χ4v) is 5.63. The van der Waals surface area contributed by atoms with Crippen LogP contribution in [0.2, 0.25) is 5.02 Å². The minimum atomic E-state index is -4.36. The number of thioether (sulfide) groups is 2. The Bertz CT molecular complexity index is 785. The van der Waals surface area contributed by atoms with Gasteiger partial charge in [0.1, 0.15) is 9.83 Å². The molecule has 1 nitrogen and oxygen atoms in total. The number of rotatable bonds is 4. The van der Waals surface area contributed by atoms with Crippen molar-refractivity contribution in [3.8, 4) is 5.75 Å². The average Bonchev–Trinajstić information content (AvgIpc) is 3.06. The van der Waals surface area contributed by atoms with Crippen molar-refractivity contribution in [2.45, 2.75) is 10.3 Å². The first-order chi connectivity index (χ1) is 11.8. The number of hydrogen-bond donors (Lipinski definition) is 0. The maximum atomic E-state index is 12.3. The van der Waals surface area contributed by atoms with Crippen LogP contribution in [-0.4, -0.2) is 12.8 Å². The molecule has 2 aromatic rings. The monoisotopic (exact) mass is 466 g/mol. The van der Waals surface area contributed by atoms with Gasteiger partial charge in [-0.25, -0.2) is 0 Å². The predicted octanol–water partition coefficient (Wildman–Crippen LogP) is 7.20. The first-order valence-electron chi connectivity index (χ1n) is 7.06. The summed E-state index contributed by atoms with van der Waals surface area (Å²) in [6.07, 6.45) is -4.36. The van der Waals surface area contributed by atoms with Gasteiger partial charge in [0.05, 0.1) is 0 Å². The van der Waals surface area contributed by atoms with Gasteiger partial charge < -0.3 is 4.74 Å². The van der Waals surface area contributed by atoms with Crippen LogP contribution in [0.1, 0.15) is 11.1 Å². The van der Waals surface area contributed by atoms with Crippen LogP contribution < -0.4 is 4.74 Å². The Kier molecular flexibility index (Phi) is 5.68. The number of ether oxygens (including phenoxy) is 1. The third kappa shape index (κ3) is 4.32. The van der Waals surface area contributed by atoms with Crippen LogP contribution in [0.25, 0.3) is 0 Å². The summed E-state index contributed by atoms with van der Waals surface area (Å²) in [5, 5.41) is 4.59. The van der Waals surface area contributed by atoms with E-state index in [2.05, 4.69) is 15.9 Å². The lowest BCUT2D eigenvalue weighted by Crippen LogP contribution is -2.19. The fraction of sp³-hybridized carbons (Fsp3) is 0.176. The molecule has 0 aromatic heterocycles. The lowest BCUT2D eigenvalue weighted by atomic mass is 10.0. The highest BCUT2D eigenvalue weighted by Crippen LogP contribution is 2.58. The van der Waals surface area contributed by atoms with Gasteiger partial charge in [0.15, 0.2) is 6.61 Å². The molecule has 2 aromatic carbocycles. The number of alkyl halides is 3. The van der Waals surface area contributed by atoms with Crippen molar-refractivity contribution in [1.82, 2.24) is 0 Å². The molecule has 0 N–H and O–H groups in total. The Hall–Kier alpha value is -0.760. The highest BCUT2D eigenvalue weighted by Gasteiger charge is 2.39. The van der Waals surface area contributed by atoms with E-state index in [0.717, 1.165) is 15.6 Å². The molecule has 0 saturated heterocycles. The second-order valence-electron chi connectivity index (χ2n) is 5.18. The molecule has 0 saturated carbocycles. The first-order valence-corrected chi connectivity index (χ1v) is 9.99. The molecule has 0 bridgehead atoms. The zero-order valence-electron chi connectivity index (χ0n) is 12.5. The maximum Gasteiger partial charge on any atom is 0.422 e. The van der Waals surface area contributed by atoms with Crippen molar-refractivity contribution < 1.29 is 17.9 Å². The van der Waals surface area contributed by atoms with Gasteiger partial charge in [0, 0.05) is 15.1 Å². The number of halogens is 5. The zero-order valence-corrected chi connectivity index (χ0v) is 16.5. The molecule has 3 rings (SSSR count). The molecule has 1 aliphatic rings. The van der Waals surface area contributed by atoms with Crippen LogP contribution >= 0.6 is 51.1 Å². The third-order valence-electron chi connectivity index (χ3n) is 3.44. The summed E-state index contributed by atoms with van der Waals surface area (Å²) < 4.78 is 42.0. The lowest BCUT2D eigenvalue weighted by molar-refractivity contribution is -0.153. The van der Waals surface area contributed by atoms with Crippen LogP contribution in [0.3, 0.4) is 0 Å². The van der Waals surface area contributed by atoms with Crippen LogP contribution in [0.15, 0.2) is 57.8 Å². The van der Waals surface area contributed by atoms with Crippen molar-refractivity contribution in [2.24, 2.45) is 0 Å². The summed E-state index contributed by atoms with van der Waals surface area (Å²) >= 11 is 13.1. The standard InChI is InChI=1S/C17H11BrClF3OS2/c18-12-3-6-15(19)14(9-12)17(24-7-8-25-17)11-1-4-13(5-2-11)23-10-16(20,21)22/h1-9H,10H2. The van der Waals surface area contributed by atoms with Crippen molar-refractivity contribution in [1.29, 1.82) is 0 Å². The normalized spacial score (nSPS) is 16.2. The molecule has 1 heterocycles. The molecule has 0 radical (unpaired) electrons. The summed E-state index contributed by atoms with van der Waals surface area (Å²) in [6.45, 7) is -1.31. The average molecular weight is 468 g/mol. The van der Waals surface area contributed by atoms with Crippen molar-refractivity contribution in [2.75, 3.05) is 6.61 Å². The Morgan fingerprint density at radius 2 is 1.68 bits per heavy atom. The molecule has 0 fully saturated rings. The van der Waals surface area contributed by atoms with E-state index in [1.54, 1.807) is 47.8 Å². The molecule has 1 aliphatic heterocycles. The van der Waals surface area contributed by atoms with Gasteiger partial charge in [-0.3, -0.25) is 0 Å². The number of hydrogen-bond acceptors (Lipinski definition) is 3. The second-order valence-corrected chi connectivity index (χ2v) is 9.00. The Morgan fingerprint density at radius 3 is 2.28 bits per heavy atom. The quantitative estimate of drug-likeness (QED) is 0.471. The van der Waals surface area contributed by atoms with Crippen molar-refractivity contribution >= 4 is 51.1 Å². The highest BCUT2D eigenvalue weighted by molar-refractivity contribution is 9.10. The predicted molar refractivity (Wildman–Crippen MR) is 102 cm³/mol. The Labute approximate surface area is 165 Å². The van der Waals surface area contributed by atoms with E-state index in [9.17, 15) is 13.2 Å². The van der Waals surface area contributed by atoms with E-state index in [1.807, 2.05) is 29.0 Å². The van der Waals surface area contributed by atoms with E-state index in [4.69, 9.17) is 16.3 Å². The highest BCUT2D eigenvalue weighted by atomic mass is 79.9. The fourth-order valence-electron chi connectivity index (χ4n) is 2.38. The lowest BCUT2D eigenvalue weighted by Gasteiger charge is -2.29. The number of benzene rings is 2. The summed E-state index contributed by atoms with van der Waals surface area (Å²) in [5.74, 6) is 0.178. The largest absolute Gasteiger partial charge is 0.484 e. The van der Waals surface area contributed by atoms with Gasteiger partial charge >= 0.3 is 6.18 Å². The molecular formula is C17H11BrClF3OS2. The van der Waals surface area contributed by atoms with Crippen molar-refractivity contribution in [3.63, 3.8) is 0 Å². The van der Waals surface area contributed by atoms with E-state index >= 15 is 0 Å². The minimum absolute atomic E-state index is 0.178.